The van der Waals surface area contributed by atoms with Crippen molar-refractivity contribution >= 4 is 17.7 Å². The smallest absolute Gasteiger partial charge is 0.328 e. The molecular formula is C16H24N2O5. The number of esters is 1. The van der Waals surface area contributed by atoms with Crippen LogP contribution in [-0.2, 0) is 9.53 Å². The van der Waals surface area contributed by atoms with Gasteiger partial charge >= 0.3 is 12.0 Å². The van der Waals surface area contributed by atoms with Crippen molar-refractivity contribution in [1.82, 2.24) is 5.32 Å². The number of benzene rings is 1. The highest BCUT2D eigenvalue weighted by atomic mass is 16.5. The molecule has 2 atom stereocenters. The van der Waals surface area contributed by atoms with Crippen molar-refractivity contribution in [3.05, 3.63) is 18.2 Å². The highest BCUT2D eigenvalue weighted by Crippen LogP contribution is 2.28. The Morgan fingerprint density at radius 3 is 2.39 bits per heavy atom. The van der Waals surface area contributed by atoms with Crippen LogP contribution >= 0.6 is 0 Å². The zero-order chi connectivity index (χ0) is 17.4. The average Bonchev–Trinajstić information content (AvgIpc) is 2.58. The van der Waals surface area contributed by atoms with Gasteiger partial charge in [0.05, 0.1) is 27.0 Å². The molecule has 2 N–H and O–H groups in total. The van der Waals surface area contributed by atoms with Crippen molar-refractivity contribution in [1.29, 1.82) is 0 Å². The van der Waals surface area contributed by atoms with Gasteiger partial charge in [0.15, 0.2) is 0 Å². The molecule has 0 fully saturated rings. The largest absolute Gasteiger partial charge is 0.497 e. The number of nitrogens with one attached hydrogen (secondary N) is 2. The van der Waals surface area contributed by atoms with Gasteiger partial charge < -0.3 is 24.8 Å². The molecule has 0 saturated carbocycles. The molecule has 7 nitrogen and oxygen atoms in total. The van der Waals surface area contributed by atoms with Crippen LogP contribution in [-0.4, -0.2) is 39.4 Å². The molecule has 0 bridgehead atoms. The summed E-state index contributed by atoms with van der Waals surface area (Å²) in [7, 11) is 4.32. The van der Waals surface area contributed by atoms with Crippen molar-refractivity contribution in [3.63, 3.8) is 0 Å². The van der Waals surface area contributed by atoms with Gasteiger partial charge in [-0.1, -0.05) is 20.3 Å². The molecule has 0 spiro atoms. The Labute approximate surface area is 136 Å². The van der Waals surface area contributed by atoms with Gasteiger partial charge in [0, 0.05) is 6.07 Å². The van der Waals surface area contributed by atoms with E-state index >= 15 is 0 Å². The highest BCUT2D eigenvalue weighted by molar-refractivity contribution is 5.94. The van der Waals surface area contributed by atoms with E-state index in [9.17, 15) is 9.59 Å². The fraction of sp³-hybridized carbons (Fsp3) is 0.500. The lowest BCUT2D eigenvalue weighted by Crippen LogP contribution is -2.47. The Kier molecular flexibility index (Phi) is 7.18. The lowest BCUT2D eigenvalue weighted by Gasteiger charge is -2.22. The summed E-state index contributed by atoms with van der Waals surface area (Å²) in [4.78, 5) is 24.0. The third-order valence-electron chi connectivity index (χ3n) is 3.61. The maximum atomic E-state index is 12.2. The number of amides is 2. The molecule has 0 saturated heterocycles. The van der Waals surface area contributed by atoms with E-state index in [2.05, 4.69) is 10.6 Å². The third kappa shape index (κ3) is 5.05. The Hall–Kier alpha value is -2.44. The minimum absolute atomic E-state index is 0.0552. The van der Waals surface area contributed by atoms with Crippen molar-refractivity contribution in [3.8, 4) is 11.5 Å². The van der Waals surface area contributed by atoms with Crippen LogP contribution in [0.3, 0.4) is 0 Å². The first kappa shape index (κ1) is 18.6. The summed E-state index contributed by atoms with van der Waals surface area (Å²) in [6.45, 7) is 3.80. The summed E-state index contributed by atoms with van der Waals surface area (Å²) in [5, 5.41) is 5.30. The van der Waals surface area contributed by atoms with Crippen LogP contribution in [0.2, 0.25) is 0 Å². The van der Waals surface area contributed by atoms with E-state index in [1.54, 1.807) is 18.2 Å². The zero-order valence-corrected chi connectivity index (χ0v) is 14.1. The molecule has 0 radical (unpaired) electrons. The lowest BCUT2D eigenvalue weighted by atomic mass is 9.99. The van der Waals surface area contributed by atoms with Gasteiger partial charge in [-0.15, -0.1) is 0 Å². The maximum Gasteiger partial charge on any atom is 0.328 e. The number of methoxy groups -OCH3 is 3. The van der Waals surface area contributed by atoms with Crippen molar-refractivity contribution < 1.29 is 23.8 Å². The second-order valence-electron chi connectivity index (χ2n) is 5.05. The second-order valence-corrected chi connectivity index (χ2v) is 5.05. The minimum atomic E-state index is -0.721. The van der Waals surface area contributed by atoms with Gasteiger partial charge in [0.2, 0.25) is 0 Å². The first-order chi connectivity index (χ1) is 11.0. The summed E-state index contributed by atoms with van der Waals surface area (Å²) in [5.74, 6) is 0.527. The fourth-order valence-electron chi connectivity index (χ4n) is 2.01. The summed E-state index contributed by atoms with van der Waals surface area (Å²) in [6.07, 6.45) is 0.725. The van der Waals surface area contributed by atoms with E-state index in [1.165, 1.54) is 21.3 Å². The van der Waals surface area contributed by atoms with E-state index < -0.39 is 18.0 Å². The Morgan fingerprint density at radius 2 is 1.87 bits per heavy atom. The molecule has 1 aromatic rings. The van der Waals surface area contributed by atoms with Gasteiger partial charge in [-0.2, -0.15) is 0 Å². The summed E-state index contributed by atoms with van der Waals surface area (Å²) < 4.78 is 15.1. The standard InChI is InChI=1S/C16H24N2O5/c1-6-10(2)14(15(19)23-5)18-16(20)17-12-9-11(21-3)7-8-13(12)22-4/h7-10,14H,6H2,1-5H3,(H2,17,18,20)/t10-,14+/m0/s1. The molecule has 0 aromatic heterocycles. The number of carbonyl (C=O) groups excluding carboxylic acids is 2. The molecule has 0 heterocycles. The third-order valence-corrected chi connectivity index (χ3v) is 3.61. The molecule has 2 amide bonds. The first-order valence-electron chi connectivity index (χ1n) is 7.34. The predicted molar refractivity (Wildman–Crippen MR) is 87.0 cm³/mol. The van der Waals surface area contributed by atoms with Crippen molar-refractivity contribution in [2.45, 2.75) is 26.3 Å². The van der Waals surface area contributed by atoms with Crippen LogP contribution in [0.15, 0.2) is 18.2 Å². The molecule has 7 heteroatoms. The maximum absolute atomic E-state index is 12.2. The Balaban J connectivity index is 2.87. The molecule has 0 aliphatic rings. The van der Waals surface area contributed by atoms with E-state index in [4.69, 9.17) is 14.2 Å². The molecule has 128 valence electrons. The van der Waals surface area contributed by atoms with Gasteiger partial charge in [-0.05, 0) is 18.1 Å². The van der Waals surface area contributed by atoms with E-state index in [0.717, 1.165) is 6.42 Å². The fourth-order valence-corrected chi connectivity index (χ4v) is 2.01. The second kappa shape index (κ2) is 8.87. The number of urea groups is 1. The monoisotopic (exact) mass is 324 g/mol. The van der Waals surface area contributed by atoms with Crippen LogP contribution in [0.1, 0.15) is 20.3 Å². The molecular weight excluding hydrogens is 300 g/mol. The number of ether oxygens (including phenoxy) is 3. The van der Waals surface area contributed by atoms with Crippen molar-refractivity contribution in [2.24, 2.45) is 5.92 Å². The molecule has 1 rings (SSSR count). The van der Waals surface area contributed by atoms with E-state index in [1.807, 2.05) is 13.8 Å². The predicted octanol–water partition coefficient (Wildman–Crippen LogP) is 2.41. The minimum Gasteiger partial charge on any atom is -0.497 e. The number of hydrogen-bond donors (Lipinski definition) is 2. The zero-order valence-electron chi connectivity index (χ0n) is 14.1. The van der Waals surface area contributed by atoms with Gasteiger partial charge in [-0.25, -0.2) is 9.59 Å². The van der Waals surface area contributed by atoms with Gasteiger partial charge in [0.1, 0.15) is 17.5 Å². The highest BCUT2D eigenvalue weighted by Gasteiger charge is 2.26. The normalized spacial score (nSPS) is 12.7. The quantitative estimate of drug-likeness (QED) is 0.752. The van der Waals surface area contributed by atoms with Crippen molar-refractivity contribution in [2.75, 3.05) is 26.6 Å². The SMILES string of the molecule is CC[C@H](C)[C@@H](NC(=O)Nc1cc(OC)ccc1OC)C(=O)OC. The number of rotatable bonds is 7. The van der Waals surface area contributed by atoms with E-state index in [0.29, 0.717) is 17.2 Å². The van der Waals surface area contributed by atoms with Crippen LogP contribution in [0.4, 0.5) is 10.5 Å². The first-order valence-corrected chi connectivity index (χ1v) is 7.34. The summed E-state index contributed by atoms with van der Waals surface area (Å²) in [5.41, 5.74) is 0.442. The average molecular weight is 324 g/mol. The number of carbonyl (C=O) groups is 2. The van der Waals surface area contributed by atoms with E-state index in [-0.39, 0.29) is 5.92 Å². The summed E-state index contributed by atoms with van der Waals surface area (Å²) in [6, 6.07) is 3.79. The Bertz CT molecular complexity index is 547. The van der Waals surface area contributed by atoms with Crippen LogP contribution in [0.25, 0.3) is 0 Å². The number of anilines is 1. The molecule has 0 unspecified atom stereocenters. The molecule has 0 aliphatic carbocycles. The topological polar surface area (TPSA) is 85.9 Å². The van der Waals surface area contributed by atoms with Crippen LogP contribution in [0.5, 0.6) is 11.5 Å². The molecule has 1 aromatic carbocycles. The summed E-state index contributed by atoms with van der Waals surface area (Å²) >= 11 is 0. The molecule has 23 heavy (non-hydrogen) atoms. The Morgan fingerprint density at radius 1 is 1.17 bits per heavy atom. The number of hydrogen-bond acceptors (Lipinski definition) is 5. The van der Waals surface area contributed by atoms with Gasteiger partial charge in [0.25, 0.3) is 0 Å². The van der Waals surface area contributed by atoms with Crippen LogP contribution < -0.4 is 20.1 Å². The molecule has 0 aliphatic heterocycles. The van der Waals surface area contributed by atoms with Crippen LogP contribution in [0, 0.1) is 5.92 Å². The van der Waals surface area contributed by atoms with Gasteiger partial charge in [-0.3, -0.25) is 0 Å². The lowest BCUT2D eigenvalue weighted by molar-refractivity contribution is -0.144.